The zero-order valence-electron chi connectivity index (χ0n) is 18.3. The van der Waals surface area contributed by atoms with Crippen LogP contribution in [0.1, 0.15) is 66.9 Å². The Balaban J connectivity index is 1.59. The van der Waals surface area contributed by atoms with Crippen LogP contribution in [0.15, 0.2) is 48.5 Å². The Labute approximate surface area is 192 Å². The van der Waals surface area contributed by atoms with E-state index in [1.54, 1.807) is 23.1 Å². The van der Waals surface area contributed by atoms with Gasteiger partial charge >= 0.3 is 5.97 Å². The van der Waals surface area contributed by atoms with Crippen LogP contribution in [0.2, 0.25) is 0 Å². The highest BCUT2D eigenvalue weighted by Crippen LogP contribution is 2.53. The lowest BCUT2D eigenvalue weighted by molar-refractivity contribution is -0.142. The number of amides is 2. The Hall–Kier alpha value is -3.22. The molecule has 5 rings (SSSR count). The fourth-order valence-corrected chi connectivity index (χ4v) is 5.66. The first-order valence-corrected chi connectivity index (χ1v) is 11.7. The molecule has 6 nitrogen and oxygen atoms in total. The van der Waals surface area contributed by atoms with E-state index < -0.39 is 11.8 Å². The number of carbonyl (C=O) groups excluding carboxylic acids is 2. The normalized spacial score (nSPS) is 23.5. The monoisotopic (exact) mass is 450 g/mol. The minimum atomic E-state index is -0.997. The number of anilines is 1. The van der Waals surface area contributed by atoms with E-state index >= 15 is 0 Å². The van der Waals surface area contributed by atoms with Crippen LogP contribution in [0.25, 0.3) is 0 Å². The first-order chi connectivity index (χ1) is 16.0. The van der Waals surface area contributed by atoms with Crippen molar-refractivity contribution in [1.29, 1.82) is 0 Å². The zero-order chi connectivity index (χ0) is 23.1. The van der Waals surface area contributed by atoms with Crippen LogP contribution in [-0.4, -0.2) is 39.9 Å². The minimum Gasteiger partial charge on any atom is -0.481 e. The summed E-state index contributed by atoms with van der Waals surface area (Å²) in [6.07, 6.45) is 4.08. The number of fused-ring (bicyclic) bond motifs is 2. The standard InChI is InChI=1S/C26H27FN2O4/c27-17-9-12-20-22(15-17)29(26(33)16-5-2-1-3-6-16)21-8-4-7-19(21)25(20)28(18-10-11-18)23(30)13-14-24(31)32/h1-3,5-6,9,12,15,18-19,21,25H,4,7-8,10-11,13-14H2,(H,31,32). The molecule has 3 atom stereocenters. The number of rotatable bonds is 6. The molecule has 0 aromatic heterocycles. The van der Waals surface area contributed by atoms with Crippen LogP contribution < -0.4 is 4.90 Å². The minimum absolute atomic E-state index is 0.0324. The van der Waals surface area contributed by atoms with E-state index in [2.05, 4.69) is 0 Å². The first kappa shape index (κ1) is 21.6. The highest BCUT2D eigenvalue weighted by Gasteiger charge is 2.51. The van der Waals surface area contributed by atoms with Crippen molar-refractivity contribution in [3.63, 3.8) is 0 Å². The third kappa shape index (κ3) is 4.01. The molecular formula is C26H27FN2O4. The number of nitrogens with zero attached hydrogens (tertiary/aromatic N) is 2. The molecule has 1 N–H and O–H groups in total. The number of carboxylic acids is 1. The lowest BCUT2D eigenvalue weighted by Gasteiger charge is -2.48. The highest BCUT2D eigenvalue weighted by atomic mass is 19.1. The molecule has 2 aliphatic carbocycles. The second-order valence-corrected chi connectivity index (χ2v) is 9.28. The lowest BCUT2D eigenvalue weighted by Crippen LogP contribution is -2.53. The fourth-order valence-electron chi connectivity index (χ4n) is 5.66. The largest absolute Gasteiger partial charge is 0.481 e. The van der Waals surface area contributed by atoms with Gasteiger partial charge in [0.2, 0.25) is 5.91 Å². The van der Waals surface area contributed by atoms with Gasteiger partial charge in [0, 0.05) is 30.0 Å². The van der Waals surface area contributed by atoms with Crippen molar-refractivity contribution in [3.05, 3.63) is 65.5 Å². The third-order valence-corrected chi connectivity index (χ3v) is 7.16. The van der Waals surface area contributed by atoms with Gasteiger partial charge in [-0.15, -0.1) is 0 Å². The van der Waals surface area contributed by atoms with E-state index in [0.29, 0.717) is 11.3 Å². The van der Waals surface area contributed by atoms with Crippen molar-refractivity contribution in [3.8, 4) is 0 Å². The summed E-state index contributed by atoms with van der Waals surface area (Å²) in [5, 5.41) is 9.09. The Morgan fingerprint density at radius 1 is 1.00 bits per heavy atom. The predicted molar refractivity (Wildman–Crippen MR) is 120 cm³/mol. The third-order valence-electron chi connectivity index (χ3n) is 7.16. The number of carbonyl (C=O) groups is 3. The molecule has 2 fully saturated rings. The molecule has 33 heavy (non-hydrogen) atoms. The Morgan fingerprint density at radius 2 is 1.76 bits per heavy atom. The summed E-state index contributed by atoms with van der Waals surface area (Å²) >= 11 is 0. The molecule has 3 unspecified atom stereocenters. The summed E-state index contributed by atoms with van der Waals surface area (Å²) in [5.41, 5.74) is 1.85. The van der Waals surface area contributed by atoms with Gasteiger partial charge in [-0.25, -0.2) is 4.39 Å². The summed E-state index contributed by atoms with van der Waals surface area (Å²) in [6.45, 7) is 0. The van der Waals surface area contributed by atoms with Gasteiger partial charge in [0.25, 0.3) is 5.91 Å². The Morgan fingerprint density at radius 3 is 2.45 bits per heavy atom. The molecule has 0 saturated heterocycles. The molecule has 172 valence electrons. The van der Waals surface area contributed by atoms with Gasteiger partial charge in [0.05, 0.1) is 18.2 Å². The SMILES string of the molecule is O=C(O)CCC(=O)N(C1CC1)C1c2ccc(F)cc2N(C(=O)c2ccccc2)C2CCCC21. The van der Waals surface area contributed by atoms with Gasteiger partial charge in [-0.3, -0.25) is 14.4 Å². The van der Waals surface area contributed by atoms with E-state index in [1.165, 1.54) is 12.1 Å². The molecule has 0 radical (unpaired) electrons. The van der Waals surface area contributed by atoms with E-state index in [0.717, 1.165) is 37.7 Å². The van der Waals surface area contributed by atoms with Crippen molar-refractivity contribution in [1.82, 2.24) is 4.90 Å². The molecule has 0 bridgehead atoms. The van der Waals surface area contributed by atoms with Gasteiger partial charge in [-0.05, 0) is 55.5 Å². The van der Waals surface area contributed by atoms with Crippen LogP contribution in [0.5, 0.6) is 0 Å². The summed E-state index contributed by atoms with van der Waals surface area (Å²) in [5.74, 6) is -1.72. The summed E-state index contributed by atoms with van der Waals surface area (Å²) in [7, 11) is 0. The molecule has 7 heteroatoms. The molecule has 3 aliphatic rings. The quantitative estimate of drug-likeness (QED) is 0.700. The smallest absolute Gasteiger partial charge is 0.303 e. The van der Waals surface area contributed by atoms with Crippen molar-refractivity contribution < 1.29 is 23.9 Å². The van der Waals surface area contributed by atoms with Crippen molar-refractivity contribution >= 4 is 23.5 Å². The molecule has 2 aromatic rings. The van der Waals surface area contributed by atoms with Gasteiger partial charge in [0.1, 0.15) is 5.82 Å². The average molecular weight is 451 g/mol. The number of hydrogen-bond donors (Lipinski definition) is 1. The second-order valence-electron chi connectivity index (χ2n) is 9.28. The Kier molecular flexibility index (Phi) is 5.64. The van der Waals surface area contributed by atoms with Gasteiger partial charge < -0.3 is 14.9 Å². The molecule has 2 aromatic carbocycles. The van der Waals surface area contributed by atoms with Crippen LogP contribution in [0.3, 0.4) is 0 Å². The summed E-state index contributed by atoms with van der Waals surface area (Å²) in [4.78, 5) is 41.6. The summed E-state index contributed by atoms with van der Waals surface area (Å²) < 4.78 is 14.5. The topological polar surface area (TPSA) is 77.9 Å². The first-order valence-electron chi connectivity index (χ1n) is 11.7. The molecular weight excluding hydrogens is 423 g/mol. The number of benzene rings is 2. The molecule has 2 saturated carbocycles. The second kappa shape index (κ2) is 8.61. The zero-order valence-corrected chi connectivity index (χ0v) is 18.3. The van der Waals surface area contributed by atoms with E-state index in [1.807, 2.05) is 23.1 Å². The van der Waals surface area contributed by atoms with E-state index in [9.17, 15) is 18.8 Å². The highest BCUT2D eigenvalue weighted by molar-refractivity contribution is 6.07. The molecule has 1 heterocycles. The average Bonchev–Trinajstić information content (AvgIpc) is 3.53. The van der Waals surface area contributed by atoms with Crippen LogP contribution in [-0.2, 0) is 9.59 Å². The lowest BCUT2D eigenvalue weighted by atomic mass is 9.81. The number of aliphatic carboxylic acids is 1. The molecule has 0 spiro atoms. The van der Waals surface area contributed by atoms with Gasteiger partial charge in [-0.1, -0.05) is 30.7 Å². The molecule has 2 amide bonds. The molecule has 1 aliphatic heterocycles. The van der Waals surface area contributed by atoms with E-state index in [4.69, 9.17) is 5.11 Å². The Bertz CT molecular complexity index is 1080. The predicted octanol–water partition coefficient (Wildman–Crippen LogP) is 4.55. The maximum absolute atomic E-state index is 14.5. The van der Waals surface area contributed by atoms with E-state index in [-0.39, 0.29) is 48.7 Å². The van der Waals surface area contributed by atoms with Crippen molar-refractivity contribution in [2.75, 3.05) is 4.90 Å². The van der Waals surface area contributed by atoms with Crippen LogP contribution in [0.4, 0.5) is 10.1 Å². The van der Waals surface area contributed by atoms with Crippen LogP contribution in [0, 0.1) is 11.7 Å². The van der Waals surface area contributed by atoms with Crippen molar-refractivity contribution in [2.45, 2.75) is 63.1 Å². The van der Waals surface area contributed by atoms with Gasteiger partial charge in [0.15, 0.2) is 0 Å². The van der Waals surface area contributed by atoms with Gasteiger partial charge in [-0.2, -0.15) is 0 Å². The van der Waals surface area contributed by atoms with Crippen LogP contribution >= 0.6 is 0 Å². The maximum Gasteiger partial charge on any atom is 0.303 e. The fraction of sp³-hybridized carbons (Fsp3) is 0.423. The maximum atomic E-state index is 14.5. The number of carboxylic acid groups (broad SMARTS) is 1. The van der Waals surface area contributed by atoms with Crippen molar-refractivity contribution in [2.24, 2.45) is 5.92 Å². The number of hydrogen-bond acceptors (Lipinski definition) is 3. The summed E-state index contributed by atoms with van der Waals surface area (Å²) in [6, 6.07) is 13.2. The number of halogens is 1.